The standard InChI is InChI=1S/C7H15NO3/c1-6(9)5-8-4-2-3-7(10)11/h6,8-9H,2-5H2,1H3,(H,10,11)/t6-/m0/s1. The van der Waals surface area contributed by atoms with Crippen LogP contribution in [-0.2, 0) is 4.79 Å². The molecular weight excluding hydrogens is 146 g/mol. The van der Waals surface area contributed by atoms with E-state index in [2.05, 4.69) is 5.32 Å². The van der Waals surface area contributed by atoms with Crippen molar-refractivity contribution in [1.29, 1.82) is 0 Å². The highest BCUT2D eigenvalue weighted by Gasteiger charge is 1.96. The highest BCUT2D eigenvalue weighted by Crippen LogP contribution is 1.85. The molecule has 0 bridgehead atoms. The third-order valence-corrected chi connectivity index (χ3v) is 1.18. The van der Waals surface area contributed by atoms with Gasteiger partial charge in [-0.05, 0) is 19.9 Å². The first-order chi connectivity index (χ1) is 5.13. The van der Waals surface area contributed by atoms with Gasteiger partial charge >= 0.3 is 5.97 Å². The Balaban J connectivity index is 2.97. The Morgan fingerprint density at radius 2 is 2.27 bits per heavy atom. The van der Waals surface area contributed by atoms with Gasteiger partial charge in [-0.15, -0.1) is 0 Å². The number of rotatable bonds is 6. The molecule has 3 N–H and O–H groups in total. The van der Waals surface area contributed by atoms with Gasteiger partial charge in [0, 0.05) is 13.0 Å². The molecule has 0 aromatic rings. The van der Waals surface area contributed by atoms with E-state index < -0.39 is 5.97 Å². The molecule has 0 aliphatic rings. The van der Waals surface area contributed by atoms with Crippen molar-refractivity contribution in [1.82, 2.24) is 5.32 Å². The summed E-state index contributed by atoms with van der Waals surface area (Å²) in [6, 6.07) is 0. The third-order valence-electron chi connectivity index (χ3n) is 1.18. The predicted octanol–water partition coefficient (Wildman–Crippen LogP) is -0.178. The summed E-state index contributed by atoms with van der Waals surface area (Å²) in [4.78, 5) is 10.0. The highest BCUT2D eigenvalue weighted by atomic mass is 16.4. The van der Waals surface area contributed by atoms with Gasteiger partial charge in [-0.3, -0.25) is 4.79 Å². The van der Waals surface area contributed by atoms with Crippen LogP contribution in [0, 0.1) is 0 Å². The van der Waals surface area contributed by atoms with Crippen molar-refractivity contribution < 1.29 is 15.0 Å². The molecule has 4 nitrogen and oxygen atoms in total. The van der Waals surface area contributed by atoms with E-state index in [1.165, 1.54) is 0 Å². The van der Waals surface area contributed by atoms with Crippen LogP contribution in [0.5, 0.6) is 0 Å². The second-order valence-electron chi connectivity index (χ2n) is 2.55. The number of carboxylic acid groups (broad SMARTS) is 1. The SMILES string of the molecule is C[C@H](O)CNCCCC(=O)O. The van der Waals surface area contributed by atoms with Crippen LogP contribution in [0.1, 0.15) is 19.8 Å². The fourth-order valence-electron chi connectivity index (χ4n) is 0.676. The molecule has 0 heterocycles. The number of aliphatic hydroxyl groups excluding tert-OH is 1. The lowest BCUT2D eigenvalue weighted by molar-refractivity contribution is -0.137. The summed E-state index contributed by atoms with van der Waals surface area (Å²) in [5.74, 6) is -0.774. The van der Waals surface area contributed by atoms with Crippen molar-refractivity contribution in [2.24, 2.45) is 0 Å². The van der Waals surface area contributed by atoms with E-state index in [0.717, 1.165) is 0 Å². The molecule has 0 rings (SSSR count). The largest absolute Gasteiger partial charge is 0.481 e. The van der Waals surface area contributed by atoms with Gasteiger partial charge < -0.3 is 15.5 Å². The molecule has 0 aromatic carbocycles. The second kappa shape index (κ2) is 6.12. The maximum absolute atomic E-state index is 10.0. The lowest BCUT2D eigenvalue weighted by atomic mass is 10.3. The molecule has 66 valence electrons. The topological polar surface area (TPSA) is 69.6 Å². The Morgan fingerprint density at radius 1 is 1.64 bits per heavy atom. The van der Waals surface area contributed by atoms with Crippen molar-refractivity contribution in [2.45, 2.75) is 25.9 Å². The Bertz CT molecular complexity index is 114. The summed E-state index contributed by atoms with van der Waals surface area (Å²) in [5, 5.41) is 20.0. The van der Waals surface area contributed by atoms with E-state index >= 15 is 0 Å². The molecule has 1 atom stereocenters. The number of aliphatic carboxylic acids is 1. The summed E-state index contributed by atoms with van der Waals surface area (Å²) in [5.41, 5.74) is 0. The van der Waals surface area contributed by atoms with Crippen molar-refractivity contribution >= 4 is 5.97 Å². The lowest BCUT2D eigenvalue weighted by Crippen LogP contribution is -2.25. The lowest BCUT2D eigenvalue weighted by Gasteiger charge is -2.04. The van der Waals surface area contributed by atoms with E-state index in [1.54, 1.807) is 6.92 Å². The Kier molecular flexibility index (Phi) is 5.78. The minimum absolute atomic E-state index is 0.187. The van der Waals surface area contributed by atoms with Gasteiger partial charge in [0.1, 0.15) is 0 Å². The van der Waals surface area contributed by atoms with E-state index in [-0.39, 0.29) is 12.5 Å². The zero-order valence-corrected chi connectivity index (χ0v) is 6.71. The van der Waals surface area contributed by atoms with Gasteiger partial charge in [0.05, 0.1) is 6.10 Å². The molecule has 4 heteroatoms. The van der Waals surface area contributed by atoms with Crippen LogP contribution in [0.15, 0.2) is 0 Å². The van der Waals surface area contributed by atoms with Crippen molar-refractivity contribution in [3.8, 4) is 0 Å². The van der Waals surface area contributed by atoms with E-state index in [9.17, 15) is 4.79 Å². The minimum atomic E-state index is -0.774. The van der Waals surface area contributed by atoms with Gasteiger partial charge in [0.25, 0.3) is 0 Å². The van der Waals surface area contributed by atoms with Crippen LogP contribution in [0.4, 0.5) is 0 Å². The molecule has 0 saturated carbocycles. The Hall–Kier alpha value is -0.610. The van der Waals surface area contributed by atoms with Crippen molar-refractivity contribution in [3.63, 3.8) is 0 Å². The molecule has 0 saturated heterocycles. The third kappa shape index (κ3) is 9.39. The normalized spacial score (nSPS) is 12.9. The average Bonchev–Trinajstić information content (AvgIpc) is 1.85. The van der Waals surface area contributed by atoms with Crippen LogP contribution in [0.25, 0.3) is 0 Å². The molecule has 11 heavy (non-hydrogen) atoms. The highest BCUT2D eigenvalue weighted by molar-refractivity contribution is 5.66. The second-order valence-corrected chi connectivity index (χ2v) is 2.55. The number of carboxylic acids is 1. The van der Waals surface area contributed by atoms with Crippen LogP contribution in [0.3, 0.4) is 0 Å². The summed E-state index contributed by atoms with van der Waals surface area (Å²) >= 11 is 0. The fraction of sp³-hybridized carbons (Fsp3) is 0.857. The molecule has 0 radical (unpaired) electrons. The first-order valence-corrected chi connectivity index (χ1v) is 3.73. The number of hydrogen-bond donors (Lipinski definition) is 3. The molecule has 0 aliphatic heterocycles. The molecular formula is C7H15NO3. The van der Waals surface area contributed by atoms with Crippen LogP contribution in [-0.4, -0.2) is 35.4 Å². The van der Waals surface area contributed by atoms with E-state index in [0.29, 0.717) is 19.5 Å². The van der Waals surface area contributed by atoms with E-state index in [1.807, 2.05) is 0 Å². The quantitative estimate of drug-likeness (QED) is 0.473. The van der Waals surface area contributed by atoms with Crippen molar-refractivity contribution in [3.05, 3.63) is 0 Å². The zero-order valence-electron chi connectivity index (χ0n) is 6.71. The summed E-state index contributed by atoms with van der Waals surface area (Å²) in [6.07, 6.45) is 0.439. The van der Waals surface area contributed by atoms with Gasteiger partial charge in [0.2, 0.25) is 0 Å². The maximum Gasteiger partial charge on any atom is 0.303 e. The maximum atomic E-state index is 10.0. The van der Waals surface area contributed by atoms with E-state index in [4.69, 9.17) is 10.2 Å². The average molecular weight is 161 g/mol. The van der Waals surface area contributed by atoms with Crippen LogP contribution in [0.2, 0.25) is 0 Å². The fourth-order valence-corrected chi connectivity index (χ4v) is 0.676. The monoisotopic (exact) mass is 161 g/mol. The van der Waals surface area contributed by atoms with Gasteiger partial charge in [-0.25, -0.2) is 0 Å². The smallest absolute Gasteiger partial charge is 0.303 e. The zero-order chi connectivity index (χ0) is 8.69. The number of hydrogen-bond acceptors (Lipinski definition) is 3. The minimum Gasteiger partial charge on any atom is -0.481 e. The van der Waals surface area contributed by atoms with Gasteiger partial charge in [0.15, 0.2) is 0 Å². The Labute approximate surface area is 66.2 Å². The number of nitrogens with one attached hydrogen (secondary N) is 1. The first-order valence-electron chi connectivity index (χ1n) is 3.73. The predicted molar refractivity (Wildman–Crippen MR) is 41.4 cm³/mol. The first kappa shape index (κ1) is 10.4. The molecule has 0 unspecified atom stereocenters. The summed E-state index contributed by atoms with van der Waals surface area (Å²) < 4.78 is 0. The van der Waals surface area contributed by atoms with Crippen LogP contribution >= 0.6 is 0 Å². The molecule has 0 spiro atoms. The molecule has 0 fully saturated rings. The van der Waals surface area contributed by atoms with Gasteiger partial charge in [-0.2, -0.15) is 0 Å². The summed E-state index contributed by atoms with van der Waals surface area (Å²) in [6.45, 7) is 2.86. The van der Waals surface area contributed by atoms with Gasteiger partial charge in [-0.1, -0.05) is 0 Å². The number of aliphatic hydroxyl groups is 1. The molecule has 0 aromatic heterocycles. The molecule has 0 amide bonds. The van der Waals surface area contributed by atoms with Crippen molar-refractivity contribution in [2.75, 3.05) is 13.1 Å². The summed E-state index contributed by atoms with van der Waals surface area (Å²) in [7, 11) is 0. The Morgan fingerprint density at radius 3 is 2.73 bits per heavy atom. The number of carbonyl (C=O) groups is 1. The van der Waals surface area contributed by atoms with Crippen LogP contribution < -0.4 is 5.32 Å². The molecule has 0 aliphatic carbocycles.